The molecule has 5 heteroatoms. The smallest absolute Gasteiger partial charge is 0.238 e. The third kappa shape index (κ3) is 2.59. The van der Waals surface area contributed by atoms with Crippen molar-refractivity contribution in [3.8, 4) is 0 Å². The fourth-order valence-corrected chi connectivity index (χ4v) is 7.15. The molecule has 3 aromatic carbocycles. The van der Waals surface area contributed by atoms with Gasteiger partial charge in [0.2, 0.25) is 11.8 Å². The molecule has 34 heavy (non-hydrogen) atoms. The van der Waals surface area contributed by atoms with Crippen molar-refractivity contribution in [2.45, 2.75) is 43.2 Å². The molecule has 0 radical (unpaired) electrons. The highest BCUT2D eigenvalue weighted by Crippen LogP contribution is 2.62. The van der Waals surface area contributed by atoms with E-state index in [1.807, 2.05) is 12.1 Å². The van der Waals surface area contributed by atoms with Crippen molar-refractivity contribution in [2.75, 3.05) is 25.0 Å². The Morgan fingerprint density at radius 3 is 2.56 bits per heavy atom. The van der Waals surface area contributed by atoms with Gasteiger partial charge in [-0.1, -0.05) is 54.6 Å². The quantitative estimate of drug-likeness (QED) is 0.656. The van der Waals surface area contributed by atoms with Crippen LogP contribution >= 0.6 is 0 Å². The Kier molecular flexibility index (Phi) is 4.26. The highest BCUT2D eigenvalue weighted by atomic mass is 16.2. The van der Waals surface area contributed by atoms with Gasteiger partial charge in [-0.3, -0.25) is 14.5 Å². The van der Waals surface area contributed by atoms with Gasteiger partial charge in [0, 0.05) is 37.9 Å². The van der Waals surface area contributed by atoms with Crippen LogP contribution in [0.1, 0.15) is 42.0 Å². The van der Waals surface area contributed by atoms with Crippen LogP contribution in [-0.4, -0.2) is 42.9 Å². The van der Waals surface area contributed by atoms with Gasteiger partial charge in [-0.15, -0.1) is 0 Å². The summed E-state index contributed by atoms with van der Waals surface area (Å²) in [6, 6.07) is 22.1. The third-order valence-electron chi connectivity index (χ3n) is 8.87. The van der Waals surface area contributed by atoms with Crippen molar-refractivity contribution >= 4 is 28.3 Å². The van der Waals surface area contributed by atoms with Gasteiger partial charge in [0.15, 0.2) is 0 Å². The molecule has 2 heterocycles. The average Bonchev–Trinajstić information content (AvgIpc) is 3.46. The lowest BCUT2D eigenvalue weighted by atomic mass is 9.94. The molecule has 1 saturated heterocycles. The van der Waals surface area contributed by atoms with Crippen LogP contribution in [0.5, 0.6) is 0 Å². The number of hydrogen-bond donors (Lipinski definition) is 1. The fraction of sp³-hybridized carbons (Fsp3) is 0.379. The van der Waals surface area contributed by atoms with Crippen molar-refractivity contribution in [1.82, 2.24) is 10.2 Å². The largest absolute Gasteiger partial charge is 0.359 e. The Bertz CT molecular complexity index is 1340. The number of para-hydroxylation sites is 1. The topological polar surface area (TPSA) is 52.7 Å². The molecule has 1 N–H and O–H groups in total. The molecular weight excluding hydrogens is 422 g/mol. The van der Waals surface area contributed by atoms with Gasteiger partial charge in [-0.25, -0.2) is 0 Å². The van der Waals surface area contributed by atoms with E-state index in [1.54, 1.807) is 7.05 Å². The lowest BCUT2D eigenvalue weighted by Gasteiger charge is -2.40. The van der Waals surface area contributed by atoms with E-state index >= 15 is 0 Å². The van der Waals surface area contributed by atoms with E-state index in [0.717, 1.165) is 43.6 Å². The van der Waals surface area contributed by atoms with Crippen molar-refractivity contribution < 1.29 is 9.59 Å². The second-order valence-electron chi connectivity index (χ2n) is 10.4. The Morgan fingerprint density at radius 2 is 1.76 bits per heavy atom. The SMILES string of the molecule is CNC(=O)[C@@H]1C[C@@]12C(=O)N(C1CCN(C3Cc4cccc5cccc3c45)CC1)c1ccccc12. The van der Waals surface area contributed by atoms with E-state index in [2.05, 4.69) is 63.6 Å². The molecule has 5 nitrogen and oxygen atoms in total. The first-order valence-corrected chi connectivity index (χ1v) is 12.5. The third-order valence-corrected chi connectivity index (χ3v) is 8.87. The van der Waals surface area contributed by atoms with E-state index < -0.39 is 5.41 Å². The molecule has 0 bridgehead atoms. The molecule has 2 aliphatic heterocycles. The Morgan fingerprint density at radius 1 is 1.00 bits per heavy atom. The van der Waals surface area contributed by atoms with Gasteiger partial charge >= 0.3 is 0 Å². The van der Waals surface area contributed by atoms with Gasteiger partial charge in [-0.05, 0) is 59.2 Å². The minimum absolute atomic E-state index is 0.0187. The molecule has 2 aliphatic carbocycles. The van der Waals surface area contributed by atoms with Gasteiger partial charge in [0.05, 0.1) is 11.3 Å². The number of anilines is 1. The monoisotopic (exact) mass is 451 g/mol. The van der Waals surface area contributed by atoms with Crippen LogP contribution in [0.4, 0.5) is 5.69 Å². The molecule has 1 spiro atoms. The standard InChI is InChI=1S/C29H29N3O2/c1-30-27(33)23-17-29(23)22-10-2-3-11-24(22)32(28(29)34)20-12-14-31(15-13-20)25-16-19-8-4-6-18-7-5-9-21(25)26(18)19/h2-11,20,23,25H,12-17H2,1H3,(H,30,33)/t23-,25?,29-/m0/s1. The summed E-state index contributed by atoms with van der Waals surface area (Å²) < 4.78 is 0. The van der Waals surface area contributed by atoms with Crippen molar-refractivity contribution in [3.05, 3.63) is 77.4 Å². The van der Waals surface area contributed by atoms with E-state index in [0.29, 0.717) is 12.5 Å². The van der Waals surface area contributed by atoms with E-state index in [-0.39, 0.29) is 23.8 Å². The zero-order valence-corrected chi connectivity index (χ0v) is 19.5. The number of rotatable bonds is 3. The molecule has 2 fully saturated rings. The first-order valence-electron chi connectivity index (χ1n) is 12.5. The number of carbonyl (C=O) groups excluding carboxylic acids is 2. The van der Waals surface area contributed by atoms with Crippen LogP contribution in [0.25, 0.3) is 10.8 Å². The maximum Gasteiger partial charge on any atom is 0.238 e. The number of amides is 2. The molecule has 2 amide bonds. The summed E-state index contributed by atoms with van der Waals surface area (Å²) in [6.07, 6.45) is 3.62. The van der Waals surface area contributed by atoms with Crippen LogP contribution in [0.15, 0.2) is 60.7 Å². The molecule has 0 aromatic heterocycles. The van der Waals surface area contributed by atoms with Gasteiger partial charge in [0.1, 0.15) is 0 Å². The van der Waals surface area contributed by atoms with E-state index in [4.69, 9.17) is 0 Å². The summed E-state index contributed by atoms with van der Waals surface area (Å²) in [5.74, 6) is -0.123. The number of nitrogens with zero attached hydrogens (tertiary/aromatic N) is 2. The molecule has 7 rings (SSSR count). The number of hydrogen-bond acceptors (Lipinski definition) is 3. The van der Waals surface area contributed by atoms with Gasteiger partial charge in [0.25, 0.3) is 0 Å². The predicted molar refractivity (Wildman–Crippen MR) is 133 cm³/mol. The van der Waals surface area contributed by atoms with Crippen LogP contribution in [-0.2, 0) is 21.4 Å². The van der Waals surface area contributed by atoms with E-state index in [9.17, 15) is 9.59 Å². The molecule has 1 saturated carbocycles. The second-order valence-corrected chi connectivity index (χ2v) is 10.4. The number of likely N-dealkylation sites (tertiary alicyclic amines) is 1. The summed E-state index contributed by atoms with van der Waals surface area (Å²) in [6.45, 7) is 1.97. The Hall–Kier alpha value is -3.18. The van der Waals surface area contributed by atoms with Crippen LogP contribution in [0.2, 0.25) is 0 Å². The maximum absolute atomic E-state index is 13.8. The summed E-state index contributed by atoms with van der Waals surface area (Å²) in [4.78, 5) is 30.9. The molecule has 3 aromatic rings. The maximum atomic E-state index is 13.8. The zero-order chi connectivity index (χ0) is 23.0. The lowest BCUT2D eigenvalue weighted by molar-refractivity contribution is -0.126. The number of fused-ring (bicyclic) bond motifs is 2. The fourth-order valence-electron chi connectivity index (χ4n) is 7.15. The predicted octanol–water partition coefficient (Wildman–Crippen LogP) is 3.95. The van der Waals surface area contributed by atoms with Gasteiger partial charge in [-0.2, -0.15) is 0 Å². The highest BCUT2D eigenvalue weighted by Gasteiger charge is 2.70. The van der Waals surface area contributed by atoms with Crippen molar-refractivity contribution in [3.63, 3.8) is 0 Å². The van der Waals surface area contributed by atoms with Crippen molar-refractivity contribution in [2.24, 2.45) is 5.92 Å². The highest BCUT2D eigenvalue weighted by molar-refractivity contribution is 6.14. The first-order chi connectivity index (χ1) is 16.6. The molecule has 1 unspecified atom stereocenters. The summed E-state index contributed by atoms with van der Waals surface area (Å²) in [5, 5.41) is 5.54. The van der Waals surface area contributed by atoms with E-state index in [1.165, 1.54) is 21.9 Å². The average molecular weight is 452 g/mol. The van der Waals surface area contributed by atoms with Crippen molar-refractivity contribution in [1.29, 1.82) is 0 Å². The molecular formula is C29H29N3O2. The van der Waals surface area contributed by atoms with Crippen LogP contribution in [0, 0.1) is 5.92 Å². The number of carbonyl (C=O) groups is 2. The van der Waals surface area contributed by atoms with Gasteiger partial charge < -0.3 is 10.2 Å². The Labute approximate surface area is 199 Å². The number of benzene rings is 3. The normalized spacial score (nSPS) is 28.0. The van der Waals surface area contributed by atoms with Crippen LogP contribution in [0.3, 0.4) is 0 Å². The molecule has 4 aliphatic rings. The minimum Gasteiger partial charge on any atom is -0.359 e. The lowest BCUT2D eigenvalue weighted by Crippen LogP contribution is -2.48. The summed E-state index contributed by atoms with van der Waals surface area (Å²) >= 11 is 0. The van der Waals surface area contributed by atoms with Crippen LogP contribution < -0.4 is 10.2 Å². The number of nitrogens with one attached hydrogen (secondary N) is 1. The zero-order valence-electron chi connectivity index (χ0n) is 19.5. The Balaban J connectivity index is 1.13. The summed E-state index contributed by atoms with van der Waals surface area (Å²) in [7, 11) is 1.66. The first kappa shape index (κ1) is 20.2. The second kappa shape index (κ2) is 7.16. The summed E-state index contributed by atoms with van der Waals surface area (Å²) in [5.41, 5.74) is 4.35. The number of piperidine rings is 1. The molecule has 172 valence electrons. The molecule has 3 atom stereocenters. The minimum atomic E-state index is -0.642.